The molecule has 1 aromatic rings. The Labute approximate surface area is 155 Å². The minimum Gasteiger partial charge on any atom is -0.356 e. The number of hydrogen-bond acceptors (Lipinski definition) is 3. The van der Waals surface area contributed by atoms with Gasteiger partial charge in [-0.25, -0.2) is 4.39 Å². The smallest absolute Gasteiger partial charge is 0.191 e. The molecule has 0 spiro atoms. The summed E-state index contributed by atoms with van der Waals surface area (Å²) < 4.78 is 12.9. The number of nitrogens with zero attached hydrogens (tertiary/aromatic N) is 2. The molecule has 0 unspecified atom stereocenters. The Kier molecular flexibility index (Phi) is 8.55. The first-order chi connectivity index (χ1) is 12.1. The summed E-state index contributed by atoms with van der Waals surface area (Å²) in [4.78, 5) is 7.97. The number of hydrogen-bond donors (Lipinski definition) is 2. The summed E-state index contributed by atoms with van der Waals surface area (Å²) in [7, 11) is 1.82. The lowest BCUT2D eigenvalue weighted by Crippen LogP contribution is -2.49. The lowest BCUT2D eigenvalue weighted by atomic mass is 10.0. The molecular weight excluding hydrogens is 335 g/mol. The third-order valence-electron chi connectivity index (χ3n) is 4.25. The molecule has 4 nitrogen and oxygen atoms in total. The minimum absolute atomic E-state index is 0.188. The molecule has 0 aromatic heterocycles. The Hall–Kier alpha value is -1.27. The average molecular weight is 367 g/mol. The van der Waals surface area contributed by atoms with Crippen LogP contribution in [0.5, 0.6) is 0 Å². The second-order valence-corrected chi connectivity index (χ2v) is 8.08. The van der Waals surface area contributed by atoms with E-state index in [9.17, 15) is 4.39 Å². The van der Waals surface area contributed by atoms with E-state index in [1.807, 2.05) is 19.2 Å². The maximum atomic E-state index is 12.9. The van der Waals surface area contributed by atoms with Crippen LogP contribution in [0.1, 0.15) is 26.7 Å². The van der Waals surface area contributed by atoms with Crippen molar-refractivity contribution in [2.24, 2.45) is 10.9 Å². The number of rotatable bonds is 7. The second-order valence-electron chi connectivity index (χ2n) is 6.91. The zero-order valence-corrected chi connectivity index (χ0v) is 16.4. The Bertz CT molecular complexity index is 525. The van der Waals surface area contributed by atoms with E-state index in [-0.39, 0.29) is 5.82 Å². The minimum atomic E-state index is -0.188. The van der Waals surface area contributed by atoms with Gasteiger partial charge in [-0.3, -0.25) is 4.99 Å². The van der Waals surface area contributed by atoms with Crippen LogP contribution >= 0.6 is 11.8 Å². The zero-order valence-electron chi connectivity index (χ0n) is 15.6. The number of likely N-dealkylation sites (tertiary alicyclic amines) is 1. The first-order valence-corrected chi connectivity index (χ1v) is 10.1. The third kappa shape index (κ3) is 7.65. The quantitative estimate of drug-likeness (QED) is 0.336. The summed E-state index contributed by atoms with van der Waals surface area (Å²) in [5.41, 5.74) is 0. The number of guanidine groups is 1. The molecule has 0 bridgehead atoms. The van der Waals surface area contributed by atoms with Gasteiger partial charge in [0.1, 0.15) is 5.82 Å². The maximum Gasteiger partial charge on any atom is 0.191 e. The van der Waals surface area contributed by atoms with Gasteiger partial charge in [-0.2, -0.15) is 0 Å². The average Bonchev–Trinajstić information content (AvgIpc) is 2.60. The number of aliphatic imine (C=N–C) groups is 1. The van der Waals surface area contributed by atoms with Crippen molar-refractivity contribution in [1.29, 1.82) is 0 Å². The molecule has 6 heteroatoms. The van der Waals surface area contributed by atoms with Crippen molar-refractivity contribution in [1.82, 2.24) is 15.5 Å². The van der Waals surface area contributed by atoms with Gasteiger partial charge in [-0.1, -0.05) is 13.8 Å². The predicted molar refractivity (Wildman–Crippen MR) is 106 cm³/mol. The summed E-state index contributed by atoms with van der Waals surface area (Å²) >= 11 is 1.71. The Balaban J connectivity index is 1.63. The molecule has 0 aliphatic carbocycles. The summed E-state index contributed by atoms with van der Waals surface area (Å²) in [6, 6.07) is 7.14. The molecule has 1 aromatic carbocycles. The van der Waals surface area contributed by atoms with Crippen molar-refractivity contribution in [3.8, 4) is 0 Å². The van der Waals surface area contributed by atoms with E-state index in [0.29, 0.717) is 6.04 Å². The van der Waals surface area contributed by atoms with Crippen LogP contribution in [0.15, 0.2) is 34.2 Å². The van der Waals surface area contributed by atoms with Gasteiger partial charge in [-0.05, 0) is 43.0 Å². The molecule has 0 atom stereocenters. The van der Waals surface area contributed by atoms with E-state index < -0.39 is 0 Å². The van der Waals surface area contributed by atoms with Crippen LogP contribution < -0.4 is 10.6 Å². The molecule has 0 amide bonds. The van der Waals surface area contributed by atoms with Crippen molar-refractivity contribution in [2.45, 2.75) is 37.6 Å². The van der Waals surface area contributed by atoms with Gasteiger partial charge in [-0.15, -0.1) is 11.8 Å². The van der Waals surface area contributed by atoms with Crippen molar-refractivity contribution in [3.05, 3.63) is 30.1 Å². The largest absolute Gasteiger partial charge is 0.356 e. The van der Waals surface area contributed by atoms with E-state index in [1.54, 1.807) is 11.8 Å². The Morgan fingerprint density at radius 2 is 1.96 bits per heavy atom. The second kappa shape index (κ2) is 10.7. The number of nitrogens with one attached hydrogen (secondary N) is 2. The highest BCUT2D eigenvalue weighted by molar-refractivity contribution is 7.99. The van der Waals surface area contributed by atoms with Gasteiger partial charge in [0.05, 0.1) is 0 Å². The molecule has 1 fully saturated rings. The number of halogens is 1. The molecule has 2 rings (SSSR count). The van der Waals surface area contributed by atoms with E-state index in [4.69, 9.17) is 0 Å². The van der Waals surface area contributed by atoms with Crippen LogP contribution in [0.4, 0.5) is 4.39 Å². The lowest BCUT2D eigenvalue weighted by Gasteiger charge is -2.33. The zero-order chi connectivity index (χ0) is 18.1. The monoisotopic (exact) mass is 366 g/mol. The van der Waals surface area contributed by atoms with Crippen LogP contribution in [0.25, 0.3) is 0 Å². The number of benzene rings is 1. The van der Waals surface area contributed by atoms with Gasteiger partial charge < -0.3 is 15.5 Å². The highest BCUT2D eigenvalue weighted by Gasteiger charge is 2.20. The number of piperidine rings is 1. The van der Waals surface area contributed by atoms with Gasteiger partial charge in [0, 0.05) is 49.9 Å². The summed E-state index contributed by atoms with van der Waals surface area (Å²) in [5.74, 6) is 2.34. The Morgan fingerprint density at radius 3 is 2.56 bits per heavy atom. The molecular formula is C19H31FN4S. The van der Waals surface area contributed by atoms with Crippen LogP contribution in [0, 0.1) is 11.7 Å². The van der Waals surface area contributed by atoms with E-state index in [0.717, 1.165) is 55.0 Å². The Morgan fingerprint density at radius 1 is 1.28 bits per heavy atom. The molecule has 1 aliphatic heterocycles. The van der Waals surface area contributed by atoms with E-state index in [1.165, 1.54) is 18.7 Å². The maximum absolute atomic E-state index is 12.9. The van der Waals surface area contributed by atoms with E-state index in [2.05, 4.69) is 34.4 Å². The predicted octanol–water partition coefficient (Wildman–Crippen LogP) is 3.20. The molecule has 2 N–H and O–H groups in total. The lowest BCUT2D eigenvalue weighted by molar-refractivity contribution is 0.187. The summed E-state index contributed by atoms with van der Waals surface area (Å²) in [6.45, 7) is 8.90. The molecule has 1 saturated heterocycles. The molecule has 140 valence electrons. The van der Waals surface area contributed by atoms with Gasteiger partial charge in [0.15, 0.2) is 5.96 Å². The molecule has 0 saturated carbocycles. The fourth-order valence-electron chi connectivity index (χ4n) is 3.03. The van der Waals surface area contributed by atoms with Crippen molar-refractivity contribution >= 4 is 17.7 Å². The molecule has 0 radical (unpaired) electrons. The summed E-state index contributed by atoms with van der Waals surface area (Å²) in [6.07, 6.45) is 2.33. The molecule has 25 heavy (non-hydrogen) atoms. The van der Waals surface area contributed by atoms with Gasteiger partial charge in [0.2, 0.25) is 0 Å². The van der Waals surface area contributed by atoms with Crippen LogP contribution in [-0.2, 0) is 0 Å². The van der Waals surface area contributed by atoms with Gasteiger partial charge >= 0.3 is 0 Å². The number of thioether (sulfide) groups is 1. The standard InChI is InChI=1S/C19H31FN4S/c1-15(2)14-24-11-8-17(9-12-24)23-19(21-3)22-10-13-25-18-6-4-16(20)5-7-18/h4-7,15,17H,8-14H2,1-3H3,(H2,21,22,23). The SMILES string of the molecule is CN=C(NCCSc1ccc(F)cc1)NC1CCN(CC(C)C)CC1. The van der Waals surface area contributed by atoms with Crippen LogP contribution in [0.2, 0.25) is 0 Å². The summed E-state index contributed by atoms with van der Waals surface area (Å²) in [5, 5.41) is 6.91. The fourth-order valence-corrected chi connectivity index (χ4v) is 3.80. The third-order valence-corrected chi connectivity index (χ3v) is 5.27. The van der Waals surface area contributed by atoms with Crippen molar-refractivity contribution in [3.63, 3.8) is 0 Å². The highest BCUT2D eigenvalue weighted by atomic mass is 32.2. The van der Waals surface area contributed by atoms with Gasteiger partial charge in [0.25, 0.3) is 0 Å². The first-order valence-electron chi connectivity index (χ1n) is 9.14. The van der Waals surface area contributed by atoms with Crippen molar-refractivity contribution in [2.75, 3.05) is 39.0 Å². The van der Waals surface area contributed by atoms with E-state index >= 15 is 0 Å². The molecule has 1 heterocycles. The normalized spacial score (nSPS) is 17.1. The highest BCUT2D eigenvalue weighted by Crippen LogP contribution is 2.17. The fraction of sp³-hybridized carbons (Fsp3) is 0.632. The first kappa shape index (κ1) is 20.0. The van der Waals surface area contributed by atoms with Crippen LogP contribution in [-0.4, -0.2) is 55.9 Å². The van der Waals surface area contributed by atoms with Crippen LogP contribution in [0.3, 0.4) is 0 Å². The molecule has 1 aliphatic rings. The van der Waals surface area contributed by atoms with Crippen molar-refractivity contribution < 1.29 is 4.39 Å². The topological polar surface area (TPSA) is 39.7 Å².